The third-order valence-corrected chi connectivity index (χ3v) is 2.97. The summed E-state index contributed by atoms with van der Waals surface area (Å²) in [5.74, 6) is 0. The van der Waals surface area contributed by atoms with Crippen LogP contribution in [0, 0.1) is 0 Å². The maximum atomic E-state index is 3.79. The predicted molar refractivity (Wildman–Crippen MR) is 62.5 cm³/mol. The summed E-state index contributed by atoms with van der Waals surface area (Å²) in [5.41, 5.74) is 0. The highest BCUT2D eigenvalue weighted by molar-refractivity contribution is 4.82. The Labute approximate surface area is 88.4 Å². The first-order chi connectivity index (χ1) is 6.77. The molecule has 0 heterocycles. The van der Waals surface area contributed by atoms with Gasteiger partial charge >= 0.3 is 0 Å². The Kier molecular flexibility index (Phi) is 5.20. The number of likely N-dealkylation sites (N-methyl/N-ethyl adjacent to an activating group) is 1. The maximum absolute atomic E-state index is 3.79. The van der Waals surface area contributed by atoms with Crippen molar-refractivity contribution < 1.29 is 0 Å². The first-order valence-corrected chi connectivity index (χ1v) is 5.86. The van der Waals surface area contributed by atoms with Crippen LogP contribution in [0.1, 0.15) is 33.1 Å². The number of nitrogens with zero attached hydrogens (tertiary/aromatic N) is 1. The van der Waals surface area contributed by atoms with Crippen LogP contribution in [0.15, 0.2) is 12.7 Å². The van der Waals surface area contributed by atoms with Crippen molar-refractivity contribution in [1.82, 2.24) is 10.2 Å². The SMILES string of the molecule is C=CCN(CC)C(C)CCNC1CC1. The lowest BCUT2D eigenvalue weighted by atomic mass is 10.2. The van der Waals surface area contributed by atoms with Crippen LogP contribution in [-0.4, -0.2) is 36.6 Å². The van der Waals surface area contributed by atoms with Gasteiger partial charge in [-0.25, -0.2) is 0 Å². The lowest BCUT2D eigenvalue weighted by molar-refractivity contribution is 0.231. The highest BCUT2D eigenvalue weighted by Gasteiger charge is 2.20. The molecule has 1 aliphatic carbocycles. The van der Waals surface area contributed by atoms with Gasteiger partial charge in [0.05, 0.1) is 0 Å². The van der Waals surface area contributed by atoms with Gasteiger partial charge in [-0.3, -0.25) is 4.90 Å². The monoisotopic (exact) mass is 196 g/mol. The maximum Gasteiger partial charge on any atom is 0.0163 e. The second kappa shape index (κ2) is 6.20. The zero-order chi connectivity index (χ0) is 10.4. The fraction of sp³-hybridized carbons (Fsp3) is 0.833. The topological polar surface area (TPSA) is 15.3 Å². The Bertz CT molecular complexity index is 164. The van der Waals surface area contributed by atoms with Crippen LogP contribution in [-0.2, 0) is 0 Å². The van der Waals surface area contributed by atoms with Crippen molar-refractivity contribution in [3.8, 4) is 0 Å². The van der Waals surface area contributed by atoms with Gasteiger partial charge in [0.15, 0.2) is 0 Å². The van der Waals surface area contributed by atoms with E-state index in [-0.39, 0.29) is 0 Å². The number of rotatable bonds is 8. The summed E-state index contributed by atoms with van der Waals surface area (Å²) in [6.45, 7) is 11.6. The molecule has 0 aromatic carbocycles. The van der Waals surface area contributed by atoms with Crippen molar-refractivity contribution in [3.63, 3.8) is 0 Å². The summed E-state index contributed by atoms with van der Waals surface area (Å²) >= 11 is 0. The molecule has 1 unspecified atom stereocenters. The summed E-state index contributed by atoms with van der Waals surface area (Å²) in [7, 11) is 0. The van der Waals surface area contributed by atoms with Crippen molar-refractivity contribution >= 4 is 0 Å². The van der Waals surface area contributed by atoms with E-state index in [0.717, 1.165) is 19.1 Å². The van der Waals surface area contributed by atoms with Gasteiger partial charge in [0.2, 0.25) is 0 Å². The van der Waals surface area contributed by atoms with Crippen LogP contribution in [0.3, 0.4) is 0 Å². The van der Waals surface area contributed by atoms with Gasteiger partial charge in [-0.1, -0.05) is 13.0 Å². The fourth-order valence-electron chi connectivity index (χ4n) is 1.75. The highest BCUT2D eigenvalue weighted by atomic mass is 15.1. The van der Waals surface area contributed by atoms with Gasteiger partial charge in [-0.2, -0.15) is 0 Å². The third-order valence-electron chi connectivity index (χ3n) is 2.97. The molecule has 82 valence electrons. The van der Waals surface area contributed by atoms with Crippen LogP contribution >= 0.6 is 0 Å². The van der Waals surface area contributed by atoms with E-state index >= 15 is 0 Å². The van der Waals surface area contributed by atoms with Crippen molar-refractivity contribution in [2.45, 2.75) is 45.2 Å². The highest BCUT2D eigenvalue weighted by Crippen LogP contribution is 2.18. The molecule has 2 nitrogen and oxygen atoms in total. The van der Waals surface area contributed by atoms with E-state index in [1.54, 1.807) is 0 Å². The van der Waals surface area contributed by atoms with Crippen molar-refractivity contribution in [3.05, 3.63) is 12.7 Å². The molecule has 14 heavy (non-hydrogen) atoms. The van der Waals surface area contributed by atoms with E-state index in [1.165, 1.54) is 25.8 Å². The molecule has 0 aliphatic heterocycles. The van der Waals surface area contributed by atoms with Crippen molar-refractivity contribution in [1.29, 1.82) is 0 Å². The molecule has 0 radical (unpaired) electrons. The van der Waals surface area contributed by atoms with E-state index < -0.39 is 0 Å². The Morgan fingerprint density at radius 3 is 2.79 bits per heavy atom. The quantitative estimate of drug-likeness (QED) is 0.598. The molecule has 1 fully saturated rings. The average Bonchev–Trinajstić information content (AvgIpc) is 2.97. The molecule has 1 aliphatic rings. The smallest absolute Gasteiger partial charge is 0.0163 e. The van der Waals surface area contributed by atoms with Gasteiger partial charge in [0.1, 0.15) is 0 Å². The Morgan fingerprint density at radius 1 is 1.57 bits per heavy atom. The standard InChI is InChI=1S/C12H24N2/c1-4-10-14(5-2)11(3)8-9-13-12-6-7-12/h4,11-13H,1,5-10H2,2-3H3. The molecule has 1 N–H and O–H groups in total. The van der Waals surface area contributed by atoms with E-state index in [4.69, 9.17) is 0 Å². The molecule has 0 amide bonds. The minimum Gasteiger partial charge on any atom is -0.314 e. The van der Waals surface area contributed by atoms with Crippen LogP contribution in [0.25, 0.3) is 0 Å². The van der Waals surface area contributed by atoms with Gasteiger partial charge < -0.3 is 5.32 Å². The van der Waals surface area contributed by atoms with Gasteiger partial charge in [-0.05, 0) is 39.3 Å². The third kappa shape index (κ3) is 4.25. The molecule has 1 rings (SSSR count). The molecule has 1 atom stereocenters. The largest absolute Gasteiger partial charge is 0.314 e. The zero-order valence-corrected chi connectivity index (χ0v) is 9.63. The summed E-state index contributed by atoms with van der Waals surface area (Å²) < 4.78 is 0. The minimum atomic E-state index is 0.671. The summed E-state index contributed by atoms with van der Waals surface area (Å²) in [4.78, 5) is 2.46. The van der Waals surface area contributed by atoms with Crippen LogP contribution < -0.4 is 5.32 Å². The fourth-order valence-corrected chi connectivity index (χ4v) is 1.75. The van der Waals surface area contributed by atoms with E-state index in [1.807, 2.05) is 6.08 Å². The zero-order valence-electron chi connectivity index (χ0n) is 9.63. The molecular weight excluding hydrogens is 172 g/mol. The molecule has 0 aromatic heterocycles. The molecule has 0 saturated heterocycles. The van der Waals surface area contributed by atoms with E-state index in [2.05, 4.69) is 30.6 Å². The van der Waals surface area contributed by atoms with Crippen LogP contribution in [0.2, 0.25) is 0 Å². The molecule has 0 spiro atoms. The number of hydrogen-bond acceptors (Lipinski definition) is 2. The second-order valence-electron chi connectivity index (χ2n) is 4.24. The Hall–Kier alpha value is -0.340. The number of hydrogen-bond donors (Lipinski definition) is 1. The summed E-state index contributed by atoms with van der Waals surface area (Å²) in [6, 6.07) is 1.51. The van der Waals surface area contributed by atoms with Gasteiger partial charge in [-0.15, -0.1) is 6.58 Å². The number of nitrogens with one attached hydrogen (secondary N) is 1. The van der Waals surface area contributed by atoms with Crippen LogP contribution in [0.5, 0.6) is 0 Å². The average molecular weight is 196 g/mol. The molecule has 2 heteroatoms. The Balaban J connectivity index is 2.09. The normalized spacial score (nSPS) is 18.5. The van der Waals surface area contributed by atoms with E-state index in [9.17, 15) is 0 Å². The van der Waals surface area contributed by atoms with Crippen molar-refractivity contribution in [2.75, 3.05) is 19.6 Å². The molecule has 1 saturated carbocycles. The van der Waals surface area contributed by atoms with Crippen LogP contribution in [0.4, 0.5) is 0 Å². The van der Waals surface area contributed by atoms with Crippen molar-refractivity contribution in [2.24, 2.45) is 0 Å². The lowest BCUT2D eigenvalue weighted by Crippen LogP contribution is -2.35. The first kappa shape index (κ1) is 11.7. The lowest BCUT2D eigenvalue weighted by Gasteiger charge is -2.26. The van der Waals surface area contributed by atoms with E-state index in [0.29, 0.717) is 6.04 Å². The summed E-state index contributed by atoms with van der Waals surface area (Å²) in [5, 5.41) is 3.56. The summed E-state index contributed by atoms with van der Waals surface area (Å²) in [6.07, 6.45) is 6.02. The molecule has 0 bridgehead atoms. The van der Waals surface area contributed by atoms with Gasteiger partial charge in [0, 0.05) is 18.6 Å². The molecule has 0 aromatic rings. The minimum absolute atomic E-state index is 0.671. The first-order valence-electron chi connectivity index (χ1n) is 5.86. The predicted octanol–water partition coefficient (Wildman–Crippen LogP) is 2.02. The molecular formula is C12H24N2. The van der Waals surface area contributed by atoms with Gasteiger partial charge in [0.25, 0.3) is 0 Å². The second-order valence-corrected chi connectivity index (χ2v) is 4.24. The Morgan fingerprint density at radius 2 is 2.29 bits per heavy atom.